The van der Waals surface area contributed by atoms with Crippen LogP contribution in [0.5, 0.6) is 0 Å². The molecule has 0 aromatic heterocycles. The quantitative estimate of drug-likeness (QED) is 0.128. The maximum absolute atomic E-state index is 11.5. The molecule has 0 saturated carbocycles. The minimum absolute atomic E-state index is 0. The summed E-state index contributed by atoms with van der Waals surface area (Å²) in [7, 11) is -16.3. The zero-order valence-electron chi connectivity index (χ0n) is 23.2. The van der Waals surface area contributed by atoms with Gasteiger partial charge in [-0.1, -0.05) is 36.4 Å². The van der Waals surface area contributed by atoms with E-state index in [4.69, 9.17) is 19.8 Å². The number of carboxylic acid groups (broad SMARTS) is 2. The van der Waals surface area contributed by atoms with E-state index < -0.39 is 64.9 Å². The summed E-state index contributed by atoms with van der Waals surface area (Å²) in [4.78, 5) is 16.1. The first-order chi connectivity index (χ1) is 17.7. The molecular formula is C22H18Na3O13PPdS3. The topological polar surface area (TPSA) is 252 Å². The van der Waals surface area contributed by atoms with Crippen molar-refractivity contribution in [3.05, 3.63) is 72.8 Å². The average Bonchev–Trinajstić information content (AvgIpc) is 2.78. The Balaban J connectivity index is -0.000000566. The van der Waals surface area contributed by atoms with Crippen molar-refractivity contribution in [2.24, 2.45) is 0 Å². The molecule has 0 saturated heterocycles. The smallest absolute Gasteiger partial charge is 0.744 e. The normalized spacial score (nSPS) is 10.4. The van der Waals surface area contributed by atoms with Crippen molar-refractivity contribution >= 4 is 66.1 Å². The summed E-state index contributed by atoms with van der Waals surface area (Å²) < 4.78 is 103. The van der Waals surface area contributed by atoms with Crippen LogP contribution in [0.15, 0.2) is 87.5 Å². The van der Waals surface area contributed by atoms with E-state index in [1.54, 1.807) is 0 Å². The van der Waals surface area contributed by atoms with Crippen molar-refractivity contribution in [3.8, 4) is 0 Å². The average molecular weight is 793 g/mol. The Morgan fingerprint density at radius 2 is 0.721 bits per heavy atom. The van der Waals surface area contributed by atoms with Crippen LogP contribution in [0.2, 0.25) is 0 Å². The monoisotopic (exact) mass is 792 g/mol. The molecule has 0 spiro atoms. The molecule has 0 heterocycles. The van der Waals surface area contributed by atoms with E-state index in [0.29, 0.717) is 0 Å². The van der Waals surface area contributed by atoms with Crippen LogP contribution in [-0.2, 0) is 60.4 Å². The van der Waals surface area contributed by atoms with Gasteiger partial charge < -0.3 is 33.5 Å². The van der Waals surface area contributed by atoms with E-state index in [9.17, 15) is 38.9 Å². The first-order valence-electron chi connectivity index (χ1n) is 10.1. The zero-order chi connectivity index (χ0) is 30.2. The van der Waals surface area contributed by atoms with Gasteiger partial charge in [-0.25, -0.2) is 25.3 Å². The van der Waals surface area contributed by atoms with Crippen molar-refractivity contribution in [1.29, 1.82) is 0 Å². The Bertz CT molecular complexity index is 1490. The number of carbonyl (C=O) groups is 2. The SMILES string of the molecule is CC(=O)[O-].CC(=O)[O-].O=S(=O)([O-])c1cccc(P(c2cccc(S(=O)(=O)[O-])c2)c2cccc(S(=O)(=O)[O-])c2)c1.[Na+].[Na+].[Na+].[Pd+2]. The summed E-state index contributed by atoms with van der Waals surface area (Å²) in [5, 5.41) is 18.5. The van der Waals surface area contributed by atoms with E-state index in [1.807, 2.05) is 0 Å². The van der Waals surface area contributed by atoms with Gasteiger partial charge in [-0.15, -0.1) is 0 Å². The minimum Gasteiger partial charge on any atom is -0.744 e. The van der Waals surface area contributed by atoms with Crippen LogP contribution in [0.4, 0.5) is 0 Å². The van der Waals surface area contributed by atoms with Crippen LogP contribution in [0.3, 0.4) is 0 Å². The Hall–Kier alpha value is 0.422. The molecule has 0 amide bonds. The molecule has 0 radical (unpaired) electrons. The van der Waals surface area contributed by atoms with Gasteiger partial charge in [0.2, 0.25) is 0 Å². The second-order valence-corrected chi connectivity index (χ2v) is 13.5. The summed E-state index contributed by atoms with van der Waals surface area (Å²) >= 11 is 0. The molecule has 0 bridgehead atoms. The van der Waals surface area contributed by atoms with Crippen molar-refractivity contribution in [1.82, 2.24) is 0 Å². The van der Waals surface area contributed by atoms with Crippen LogP contribution < -0.4 is 115 Å². The van der Waals surface area contributed by atoms with E-state index >= 15 is 0 Å². The van der Waals surface area contributed by atoms with Crippen LogP contribution >= 0.6 is 7.92 Å². The number of benzene rings is 3. The largest absolute Gasteiger partial charge is 2.00 e. The fourth-order valence-electron chi connectivity index (χ4n) is 2.78. The molecule has 43 heavy (non-hydrogen) atoms. The maximum atomic E-state index is 11.5. The van der Waals surface area contributed by atoms with Crippen LogP contribution in [-0.4, -0.2) is 50.9 Å². The maximum Gasteiger partial charge on any atom is 2.00 e. The molecule has 0 unspecified atom stereocenters. The van der Waals surface area contributed by atoms with Gasteiger partial charge in [0.25, 0.3) is 0 Å². The molecule has 3 aromatic carbocycles. The predicted octanol–water partition coefficient (Wildman–Crippen LogP) is -11.3. The van der Waals surface area contributed by atoms with E-state index in [2.05, 4.69) is 0 Å². The van der Waals surface area contributed by atoms with E-state index in [-0.39, 0.29) is 125 Å². The Morgan fingerprint density at radius 1 is 0.535 bits per heavy atom. The summed E-state index contributed by atoms with van der Waals surface area (Å²) in [5.41, 5.74) is 0. The molecule has 0 fully saturated rings. The van der Waals surface area contributed by atoms with Crippen molar-refractivity contribution in [2.45, 2.75) is 28.5 Å². The third kappa shape index (κ3) is 19.0. The number of carboxylic acids is 2. The molecule has 220 valence electrons. The Labute approximate surface area is 330 Å². The Kier molecular flexibility index (Phi) is 25.8. The van der Waals surface area contributed by atoms with E-state index in [0.717, 1.165) is 50.2 Å². The number of carbonyl (C=O) groups excluding carboxylic acids is 2. The fraction of sp³-hybridized carbons (Fsp3) is 0.0909. The second-order valence-electron chi connectivity index (χ2n) is 7.17. The summed E-state index contributed by atoms with van der Waals surface area (Å²) in [6.45, 7) is 1.94. The minimum atomic E-state index is -4.82. The van der Waals surface area contributed by atoms with Crippen LogP contribution in [0.1, 0.15) is 13.8 Å². The molecule has 0 aliphatic rings. The van der Waals surface area contributed by atoms with Gasteiger partial charge in [0.15, 0.2) is 0 Å². The second kappa shape index (κ2) is 22.1. The fourth-order valence-corrected chi connectivity index (χ4v) is 7.00. The molecular weight excluding hydrogens is 775 g/mol. The number of aliphatic carboxylic acids is 2. The van der Waals surface area contributed by atoms with Gasteiger partial charge in [-0.05, 0) is 74.1 Å². The molecule has 3 aromatic rings. The molecule has 0 atom stereocenters. The van der Waals surface area contributed by atoms with Gasteiger partial charge in [0, 0.05) is 11.9 Å². The van der Waals surface area contributed by atoms with E-state index in [1.165, 1.54) is 36.4 Å². The third-order valence-corrected chi connectivity index (χ3v) is 8.97. The van der Waals surface area contributed by atoms with Gasteiger partial charge in [-0.3, -0.25) is 0 Å². The van der Waals surface area contributed by atoms with Crippen LogP contribution in [0.25, 0.3) is 0 Å². The number of hydrogen-bond acceptors (Lipinski definition) is 13. The summed E-state index contributed by atoms with van der Waals surface area (Å²) in [6.07, 6.45) is 0. The number of hydrogen-bond donors (Lipinski definition) is 0. The van der Waals surface area contributed by atoms with Crippen molar-refractivity contribution in [2.75, 3.05) is 0 Å². The molecule has 13 nitrogen and oxygen atoms in total. The summed E-state index contributed by atoms with van der Waals surface area (Å²) in [5.74, 6) is -2.17. The molecule has 0 N–H and O–H groups in total. The third-order valence-electron chi connectivity index (χ3n) is 4.09. The van der Waals surface area contributed by atoms with Crippen molar-refractivity contribution in [3.63, 3.8) is 0 Å². The standard InChI is InChI=1S/C18H15O9PS3.2C2H4O2.3Na.Pd/c19-29(20,21)16-7-1-4-13(10-16)28(14-5-2-8-17(11-14)30(22,23)24)15-6-3-9-18(12-15)31(25,26)27;2*1-2(3)4;;;;/h1-12H,(H,19,20,21)(H,22,23,24)(H,25,26,27);2*1H3,(H,3,4);;;;/q;;;3*+1;+2/p-5. The first-order valence-corrected chi connectivity index (χ1v) is 15.6. The Morgan fingerprint density at radius 3 is 0.884 bits per heavy atom. The van der Waals surface area contributed by atoms with Gasteiger partial charge in [-0.2, -0.15) is 0 Å². The molecule has 21 heteroatoms. The van der Waals surface area contributed by atoms with Gasteiger partial charge in [0.1, 0.15) is 30.4 Å². The van der Waals surface area contributed by atoms with Crippen molar-refractivity contribution < 1.29 is 168 Å². The van der Waals surface area contributed by atoms with Gasteiger partial charge >= 0.3 is 109 Å². The molecule has 0 aliphatic heterocycles. The predicted molar refractivity (Wildman–Crippen MR) is 130 cm³/mol. The summed E-state index contributed by atoms with van der Waals surface area (Å²) in [6, 6.07) is 14.8. The zero-order valence-corrected chi connectivity index (χ0v) is 34.1. The molecule has 0 aliphatic carbocycles. The van der Waals surface area contributed by atoms with Crippen LogP contribution in [0, 0.1) is 0 Å². The first kappa shape index (κ1) is 50.3. The number of rotatable bonds is 6. The van der Waals surface area contributed by atoms with Gasteiger partial charge in [0.05, 0.1) is 14.7 Å². The molecule has 3 rings (SSSR count).